The van der Waals surface area contributed by atoms with E-state index in [1.165, 1.54) is 0 Å². The molecule has 1 aliphatic heterocycles. The highest BCUT2D eigenvalue weighted by atomic mass is 16.5. The lowest BCUT2D eigenvalue weighted by Crippen LogP contribution is -2.31. The van der Waals surface area contributed by atoms with Gasteiger partial charge in [-0.1, -0.05) is 43.3 Å². The molecule has 0 radical (unpaired) electrons. The average Bonchev–Trinajstić information content (AvgIpc) is 3.45. The maximum Gasteiger partial charge on any atom is 0.273 e. The molecule has 7 heteroatoms. The largest absolute Gasteiger partial charge is 0.507 e. The Morgan fingerprint density at radius 2 is 1.83 bits per heavy atom. The molecule has 5 rings (SSSR count). The van der Waals surface area contributed by atoms with Crippen molar-refractivity contribution in [2.24, 2.45) is 0 Å². The number of rotatable bonds is 9. The lowest BCUT2D eigenvalue weighted by molar-refractivity contribution is 0.0745. The van der Waals surface area contributed by atoms with Gasteiger partial charge in [0.1, 0.15) is 28.6 Å². The molecule has 1 aliphatic rings. The summed E-state index contributed by atoms with van der Waals surface area (Å²) in [5.41, 5.74) is 4.42. The summed E-state index contributed by atoms with van der Waals surface area (Å²) in [7, 11) is 1.64. The van der Waals surface area contributed by atoms with Crippen molar-refractivity contribution in [3.63, 3.8) is 0 Å². The Morgan fingerprint density at radius 1 is 1.03 bits per heavy atom. The zero-order chi connectivity index (χ0) is 25.1. The van der Waals surface area contributed by atoms with Gasteiger partial charge in [-0.25, -0.2) is 0 Å². The second-order valence-electron chi connectivity index (χ2n) is 8.80. The van der Waals surface area contributed by atoms with Gasteiger partial charge in [0.15, 0.2) is 0 Å². The van der Waals surface area contributed by atoms with Crippen molar-refractivity contribution >= 4 is 5.91 Å². The summed E-state index contributed by atoms with van der Waals surface area (Å²) >= 11 is 0. The van der Waals surface area contributed by atoms with Crippen LogP contribution in [0.3, 0.4) is 0 Å². The van der Waals surface area contributed by atoms with Crippen LogP contribution in [0.1, 0.15) is 46.6 Å². The Hall–Kier alpha value is -4.26. The smallest absolute Gasteiger partial charge is 0.273 e. The summed E-state index contributed by atoms with van der Waals surface area (Å²) in [6.07, 6.45) is 1.59. The van der Waals surface area contributed by atoms with Crippen molar-refractivity contribution in [2.75, 3.05) is 20.3 Å². The lowest BCUT2D eigenvalue weighted by atomic mass is 9.95. The number of phenols is 1. The van der Waals surface area contributed by atoms with Crippen LogP contribution in [-0.4, -0.2) is 46.4 Å². The lowest BCUT2D eigenvalue weighted by Gasteiger charge is -2.27. The van der Waals surface area contributed by atoms with Gasteiger partial charge in [0.25, 0.3) is 5.91 Å². The van der Waals surface area contributed by atoms with Gasteiger partial charge in [0.05, 0.1) is 19.8 Å². The summed E-state index contributed by atoms with van der Waals surface area (Å²) in [6, 6.07) is 22.4. The Bertz CT molecular complexity index is 1360. The number of methoxy groups -OCH3 is 1. The molecule has 0 bridgehead atoms. The number of nitrogens with zero attached hydrogens (tertiary/aromatic N) is 2. The van der Waals surface area contributed by atoms with Gasteiger partial charge >= 0.3 is 0 Å². The van der Waals surface area contributed by atoms with E-state index >= 15 is 0 Å². The number of aromatic nitrogens is 2. The number of aromatic amines is 1. The van der Waals surface area contributed by atoms with E-state index in [9.17, 15) is 9.90 Å². The molecule has 0 fully saturated rings. The fourth-order valence-electron chi connectivity index (χ4n) is 4.69. The molecule has 1 aromatic heterocycles. The molecule has 3 aromatic carbocycles. The molecule has 2 N–H and O–H groups in total. The summed E-state index contributed by atoms with van der Waals surface area (Å²) < 4.78 is 11.2. The quantitative estimate of drug-likeness (QED) is 0.334. The maximum absolute atomic E-state index is 13.6. The molecule has 4 aromatic rings. The van der Waals surface area contributed by atoms with Crippen molar-refractivity contribution in [3.8, 4) is 28.5 Å². The third-order valence-electron chi connectivity index (χ3n) is 6.47. The molecule has 2 heterocycles. The first kappa shape index (κ1) is 23.5. The van der Waals surface area contributed by atoms with Crippen molar-refractivity contribution in [1.29, 1.82) is 0 Å². The first-order chi connectivity index (χ1) is 17.6. The summed E-state index contributed by atoms with van der Waals surface area (Å²) in [4.78, 5) is 15.5. The van der Waals surface area contributed by atoms with Crippen molar-refractivity contribution < 1.29 is 19.4 Å². The van der Waals surface area contributed by atoms with E-state index in [0.717, 1.165) is 34.6 Å². The van der Waals surface area contributed by atoms with Gasteiger partial charge in [-0.2, -0.15) is 5.10 Å². The standard InChI is InChI=1S/C29H29N3O4/c1-3-17-36-22-8-6-7-20(18-22)28-25-26(23-9-4-5-10-24(23)33)30-31-27(25)29(34)32(28)16-15-19-11-13-21(35-2)14-12-19/h4-14,18,28,33H,3,15-17H2,1-2H3,(H,30,31)/t28-/m1/s1. The van der Waals surface area contributed by atoms with Crippen LogP contribution >= 0.6 is 0 Å². The van der Waals surface area contributed by atoms with Crippen LogP contribution in [0, 0.1) is 0 Å². The van der Waals surface area contributed by atoms with E-state index < -0.39 is 0 Å². The molecule has 7 nitrogen and oxygen atoms in total. The molecule has 1 amide bonds. The number of fused-ring (bicyclic) bond motifs is 1. The Morgan fingerprint density at radius 3 is 2.58 bits per heavy atom. The maximum atomic E-state index is 13.6. The first-order valence-electron chi connectivity index (χ1n) is 12.1. The van der Waals surface area contributed by atoms with Crippen LogP contribution in [0.4, 0.5) is 0 Å². The van der Waals surface area contributed by atoms with Gasteiger partial charge in [-0.3, -0.25) is 9.89 Å². The minimum atomic E-state index is -0.371. The fourth-order valence-corrected chi connectivity index (χ4v) is 4.69. The average molecular weight is 484 g/mol. The molecule has 36 heavy (non-hydrogen) atoms. The third kappa shape index (κ3) is 4.40. The number of aromatic hydroxyl groups is 1. The molecule has 1 atom stereocenters. The summed E-state index contributed by atoms with van der Waals surface area (Å²) in [5, 5.41) is 18.0. The zero-order valence-corrected chi connectivity index (χ0v) is 20.4. The van der Waals surface area contributed by atoms with E-state index in [0.29, 0.717) is 36.5 Å². The molecular formula is C29H29N3O4. The molecule has 0 spiro atoms. The van der Waals surface area contributed by atoms with E-state index in [2.05, 4.69) is 17.1 Å². The van der Waals surface area contributed by atoms with Gasteiger partial charge in [0.2, 0.25) is 0 Å². The molecule has 0 saturated heterocycles. The van der Waals surface area contributed by atoms with Crippen LogP contribution in [0.5, 0.6) is 17.2 Å². The number of carbonyl (C=O) groups is 1. The molecular weight excluding hydrogens is 454 g/mol. The Labute approximate surface area is 210 Å². The van der Waals surface area contributed by atoms with Crippen LogP contribution in [0.15, 0.2) is 72.8 Å². The molecule has 0 aliphatic carbocycles. The highest BCUT2D eigenvalue weighted by Crippen LogP contribution is 2.44. The van der Waals surface area contributed by atoms with Crippen molar-refractivity contribution in [3.05, 3.63) is 95.2 Å². The number of amides is 1. The number of hydrogen-bond acceptors (Lipinski definition) is 5. The number of hydrogen-bond donors (Lipinski definition) is 2. The summed E-state index contributed by atoms with van der Waals surface area (Å²) in [6.45, 7) is 3.20. The van der Waals surface area contributed by atoms with Crippen molar-refractivity contribution in [1.82, 2.24) is 15.1 Å². The number of benzene rings is 3. The Kier molecular flexibility index (Phi) is 6.62. The van der Waals surface area contributed by atoms with E-state index in [-0.39, 0.29) is 17.7 Å². The van der Waals surface area contributed by atoms with Crippen LogP contribution in [0.25, 0.3) is 11.3 Å². The van der Waals surface area contributed by atoms with Crippen molar-refractivity contribution in [2.45, 2.75) is 25.8 Å². The summed E-state index contributed by atoms with van der Waals surface area (Å²) in [5.74, 6) is 1.57. The van der Waals surface area contributed by atoms with Gasteiger partial charge in [-0.15, -0.1) is 0 Å². The minimum absolute atomic E-state index is 0.113. The predicted molar refractivity (Wildman–Crippen MR) is 137 cm³/mol. The third-order valence-corrected chi connectivity index (χ3v) is 6.47. The highest BCUT2D eigenvalue weighted by Gasteiger charge is 2.42. The van der Waals surface area contributed by atoms with Gasteiger partial charge < -0.3 is 19.5 Å². The SMILES string of the molecule is CCCOc1cccc([C@@H]2c3c(-c4ccccc4O)n[nH]c3C(=O)N2CCc2ccc(OC)cc2)c1. The zero-order valence-electron chi connectivity index (χ0n) is 20.4. The number of para-hydroxylation sites is 1. The number of nitrogens with one attached hydrogen (secondary N) is 1. The topological polar surface area (TPSA) is 87.7 Å². The van der Waals surface area contributed by atoms with Gasteiger partial charge in [-0.05, 0) is 60.4 Å². The Balaban J connectivity index is 1.54. The predicted octanol–water partition coefficient (Wildman–Crippen LogP) is 5.37. The normalized spacial score (nSPS) is 14.7. The van der Waals surface area contributed by atoms with Crippen LogP contribution < -0.4 is 9.47 Å². The molecule has 0 saturated carbocycles. The monoisotopic (exact) mass is 483 g/mol. The highest BCUT2D eigenvalue weighted by molar-refractivity contribution is 6.00. The second kappa shape index (κ2) is 10.2. The van der Waals surface area contributed by atoms with E-state index in [4.69, 9.17) is 9.47 Å². The number of ether oxygens (including phenoxy) is 2. The molecule has 184 valence electrons. The van der Waals surface area contributed by atoms with Crippen LogP contribution in [0.2, 0.25) is 0 Å². The fraction of sp³-hybridized carbons (Fsp3) is 0.241. The second-order valence-corrected chi connectivity index (χ2v) is 8.80. The number of phenolic OH excluding ortho intramolecular Hbond substituents is 1. The number of carbonyl (C=O) groups excluding carboxylic acids is 1. The van der Waals surface area contributed by atoms with Crippen LogP contribution in [-0.2, 0) is 6.42 Å². The van der Waals surface area contributed by atoms with Gasteiger partial charge in [0, 0.05) is 17.7 Å². The minimum Gasteiger partial charge on any atom is -0.507 e. The first-order valence-corrected chi connectivity index (χ1v) is 12.1. The van der Waals surface area contributed by atoms with E-state index in [1.807, 2.05) is 65.6 Å². The molecule has 0 unspecified atom stereocenters. The number of H-pyrrole nitrogens is 1. The van der Waals surface area contributed by atoms with E-state index in [1.54, 1.807) is 19.2 Å².